The van der Waals surface area contributed by atoms with Crippen molar-refractivity contribution in [3.8, 4) is 17.1 Å². The molecule has 3 aliphatic rings. The second kappa shape index (κ2) is 5.60. The van der Waals surface area contributed by atoms with Crippen molar-refractivity contribution in [3.05, 3.63) is 42.9 Å². The van der Waals surface area contributed by atoms with Crippen molar-refractivity contribution in [2.75, 3.05) is 19.6 Å². The first kappa shape index (κ1) is 14.0. The molecule has 2 aromatic heterocycles. The number of piperidine rings is 3. The molecule has 3 aliphatic heterocycles. The van der Waals surface area contributed by atoms with Crippen LogP contribution in [0.5, 0.6) is 6.01 Å². The van der Waals surface area contributed by atoms with Gasteiger partial charge < -0.3 is 9.72 Å². The Bertz CT molecular complexity index is 849. The van der Waals surface area contributed by atoms with Crippen LogP contribution >= 0.6 is 0 Å². The van der Waals surface area contributed by atoms with E-state index in [1.165, 1.54) is 31.3 Å². The number of aromatic amines is 1. The third kappa shape index (κ3) is 2.45. The van der Waals surface area contributed by atoms with Crippen LogP contribution in [0.4, 0.5) is 0 Å². The maximum absolute atomic E-state index is 6.07. The van der Waals surface area contributed by atoms with E-state index in [4.69, 9.17) is 4.74 Å². The van der Waals surface area contributed by atoms with E-state index in [2.05, 4.69) is 44.1 Å². The highest BCUT2D eigenvalue weighted by atomic mass is 16.5. The highest BCUT2D eigenvalue weighted by Gasteiger charge is 2.35. The number of hydrogen-bond donors (Lipinski definition) is 1. The summed E-state index contributed by atoms with van der Waals surface area (Å²) in [6.45, 7) is 3.44. The van der Waals surface area contributed by atoms with E-state index in [9.17, 15) is 0 Å². The molecule has 0 radical (unpaired) electrons. The van der Waals surface area contributed by atoms with Gasteiger partial charge in [-0.05, 0) is 61.0 Å². The van der Waals surface area contributed by atoms with Crippen LogP contribution < -0.4 is 4.74 Å². The Morgan fingerprint density at radius 2 is 1.88 bits per heavy atom. The number of nitrogens with zero attached hydrogens (tertiary/aromatic N) is 3. The third-order valence-electron chi connectivity index (χ3n) is 5.37. The lowest BCUT2D eigenvalue weighted by Crippen LogP contribution is -2.52. The van der Waals surface area contributed by atoms with Crippen LogP contribution in [0.3, 0.4) is 0 Å². The lowest BCUT2D eigenvalue weighted by Gasteiger charge is -2.43. The normalized spacial score (nSPS) is 25.9. The van der Waals surface area contributed by atoms with Gasteiger partial charge in [-0.3, -0.25) is 4.90 Å². The van der Waals surface area contributed by atoms with Gasteiger partial charge in [-0.1, -0.05) is 6.07 Å². The summed E-state index contributed by atoms with van der Waals surface area (Å²) < 4.78 is 6.07. The lowest BCUT2D eigenvalue weighted by atomic mass is 9.86. The minimum absolute atomic E-state index is 0.245. The molecule has 3 aromatic rings. The smallest absolute Gasteiger partial charge is 0.316 e. The molecule has 0 amide bonds. The van der Waals surface area contributed by atoms with Gasteiger partial charge in [0.1, 0.15) is 6.10 Å². The van der Waals surface area contributed by atoms with E-state index < -0.39 is 0 Å². The number of rotatable bonds is 3. The van der Waals surface area contributed by atoms with Crippen molar-refractivity contribution in [2.45, 2.75) is 18.9 Å². The number of aromatic nitrogens is 3. The largest absolute Gasteiger partial charge is 0.458 e. The van der Waals surface area contributed by atoms with E-state index in [1.54, 1.807) is 0 Å². The number of nitrogens with one attached hydrogen (secondary N) is 1. The van der Waals surface area contributed by atoms with Gasteiger partial charge in [-0.15, -0.1) is 0 Å². The molecule has 3 fully saturated rings. The van der Waals surface area contributed by atoms with Gasteiger partial charge in [0.05, 0.1) is 0 Å². The van der Waals surface area contributed by atoms with Gasteiger partial charge in [0.25, 0.3) is 0 Å². The Balaban J connectivity index is 1.35. The second-order valence-electron chi connectivity index (χ2n) is 6.83. The highest BCUT2D eigenvalue weighted by molar-refractivity contribution is 5.84. The van der Waals surface area contributed by atoms with Crippen molar-refractivity contribution < 1.29 is 4.74 Å². The predicted octanol–water partition coefficient (Wildman–Crippen LogP) is 3.10. The zero-order chi connectivity index (χ0) is 15.9. The molecular weight excluding hydrogens is 300 g/mol. The summed E-state index contributed by atoms with van der Waals surface area (Å²) in [5, 5.41) is 1.19. The SMILES string of the molecule is c1cc2cc(-c3cnc(O[C@H]4CN5CCC4CC5)nc3)ccc2[nH]1. The zero-order valence-electron chi connectivity index (χ0n) is 13.5. The fourth-order valence-electron chi connectivity index (χ4n) is 3.94. The van der Waals surface area contributed by atoms with Gasteiger partial charge in [0, 0.05) is 36.2 Å². The van der Waals surface area contributed by atoms with Crippen LogP contribution in [0.1, 0.15) is 12.8 Å². The Kier molecular flexibility index (Phi) is 3.26. The molecular formula is C19H20N4O. The average Bonchev–Trinajstić information content (AvgIpc) is 3.11. The number of ether oxygens (including phenoxy) is 1. The van der Waals surface area contributed by atoms with Crippen molar-refractivity contribution >= 4 is 10.9 Å². The van der Waals surface area contributed by atoms with E-state index in [0.29, 0.717) is 11.9 Å². The van der Waals surface area contributed by atoms with Crippen molar-refractivity contribution in [3.63, 3.8) is 0 Å². The maximum Gasteiger partial charge on any atom is 0.316 e. The number of hydrogen-bond acceptors (Lipinski definition) is 4. The van der Waals surface area contributed by atoms with E-state index in [0.717, 1.165) is 23.2 Å². The van der Waals surface area contributed by atoms with Gasteiger partial charge >= 0.3 is 6.01 Å². The standard InChI is InChI=1S/C19H20N4O/c1-2-17-15(3-6-20-17)9-14(1)16-10-21-19(22-11-16)24-18-12-23-7-4-13(18)5-8-23/h1-3,6,9-11,13,18,20H,4-5,7-8,12H2/t18-/m0/s1. The maximum atomic E-state index is 6.07. The van der Waals surface area contributed by atoms with Crippen LogP contribution in [0.2, 0.25) is 0 Å². The molecule has 5 nitrogen and oxygen atoms in total. The molecule has 0 spiro atoms. The topological polar surface area (TPSA) is 54.0 Å². The van der Waals surface area contributed by atoms with E-state index >= 15 is 0 Å². The molecule has 6 rings (SSSR count). The summed E-state index contributed by atoms with van der Waals surface area (Å²) in [7, 11) is 0. The molecule has 1 N–H and O–H groups in total. The number of fused-ring (bicyclic) bond motifs is 4. The molecule has 0 aliphatic carbocycles. The first-order valence-electron chi connectivity index (χ1n) is 8.64. The summed E-state index contributed by atoms with van der Waals surface area (Å²) in [4.78, 5) is 14.6. The fourth-order valence-corrected chi connectivity index (χ4v) is 3.94. The molecule has 2 bridgehead atoms. The van der Waals surface area contributed by atoms with Crippen LogP contribution in [-0.4, -0.2) is 45.6 Å². The van der Waals surface area contributed by atoms with Gasteiger partial charge in [-0.25, -0.2) is 9.97 Å². The molecule has 5 heterocycles. The minimum atomic E-state index is 0.245. The van der Waals surface area contributed by atoms with Crippen molar-refractivity contribution in [2.24, 2.45) is 5.92 Å². The van der Waals surface area contributed by atoms with Gasteiger partial charge in [0.2, 0.25) is 0 Å². The third-order valence-corrected chi connectivity index (χ3v) is 5.37. The summed E-state index contributed by atoms with van der Waals surface area (Å²) in [6.07, 6.45) is 8.39. The van der Waals surface area contributed by atoms with Crippen LogP contribution in [-0.2, 0) is 0 Å². The van der Waals surface area contributed by atoms with Crippen molar-refractivity contribution in [1.82, 2.24) is 19.9 Å². The highest BCUT2D eigenvalue weighted by Crippen LogP contribution is 2.30. The Labute approximate surface area is 140 Å². The molecule has 24 heavy (non-hydrogen) atoms. The zero-order valence-corrected chi connectivity index (χ0v) is 13.5. The average molecular weight is 320 g/mol. The Morgan fingerprint density at radius 3 is 2.62 bits per heavy atom. The number of benzene rings is 1. The first-order valence-corrected chi connectivity index (χ1v) is 8.64. The molecule has 3 saturated heterocycles. The monoisotopic (exact) mass is 320 g/mol. The molecule has 5 heteroatoms. The Morgan fingerprint density at radius 1 is 1.04 bits per heavy atom. The molecule has 0 saturated carbocycles. The molecule has 122 valence electrons. The van der Waals surface area contributed by atoms with Crippen LogP contribution in [0.25, 0.3) is 22.0 Å². The summed E-state index contributed by atoms with van der Waals surface area (Å²) in [5.41, 5.74) is 3.28. The lowest BCUT2D eigenvalue weighted by molar-refractivity contribution is -0.0123. The quantitative estimate of drug-likeness (QED) is 0.806. The first-order chi connectivity index (χ1) is 11.8. The fraction of sp³-hybridized carbons (Fsp3) is 0.368. The molecule has 1 atom stereocenters. The summed E-state index contributed by atoms with van der Waals surface area (Å²) >= 11 is 0. The Hall–Kier alpha value is -2.40. The number of H-pyrrole nitrogens is 1. The van der Waals surface area contributed by atoms with E-state index in [-0.39, 0.29) is 6.10 Å². The van der Waals surface area contributed by atoms with Crippen LogP contribution in [0.15, 0.2) is 42.9 Å². The predicted molar refractivity (Wildman–Crippen MR) is 92.9 cm³/mol. The molecule has 0 unspecified atom stereocenters. The minimum Gasteiger partial charge on any atom is -0.458 e. The van der Waals surface area contributed by atoms with E-state index in [1.807, 2.05) is 18.6 Å². The van der Waals surface area contributed by atoms with Crippen LogP contribution in [0, 0.1) is 5.92 Å². The molecule has 1 aromatic carbocycles. The van der Waals surface area contributed by atoms with Crippen molar-refractivity contribution in [1.29, 1.82) is 0 Å². The van der Waals surface area contributed by atoms with Gasteiger partial charge in [-0.2, -0.15) is 0 Å². The van der Waals surface area contributed by atoms with Gasteiger partial charge in [0.15, 0.2) is 0 Å². The second-order valence-corrected chi connectivity index (χ2v) is 6.83. The summed E-state index contributed by atoms with van der Waals surface area (Å²) in [6, 6.07) is 8.90. The summed E-state index contributed by atoms with van der Waals surface area (Å²) in [5.74, 6) is 0.661.